The second kappa shape index (κ2) is 7.00. The lowest BCUT2D eigenvalue weighted by molar-refractivity contribution is 0.0693. The van der Waals surface area contributed by atoms with Crippen LogP contribution in [0.3, 0.4) is 0 Å². The lowest BCUT2D eigenvalue weighted by Crippen LogP contribution is -2.11. The minimum atomic E-state index is -1.38. The van der Waals surface area contributed by atoms with Crippen molar-refractivity contribution in [1.82, 2.24) is 0 Å². The van der Waals surface area contributed by atoms with E-state index in [1.54, 1.807) is 12.1 Å². The monoisotopic (exact) mass is 357 g/mol. The first-order chi connectivity index (χ1) is 9.26. The topological polar surface area (TPSA) is 78.2 Å². The van der Waals surface area contributed by atoms with Gasteiger partial charge in [0.2, 0.25) is 0 Å². The van der Waals surface area contributed by atoms with Gasteiger partial charge in [0.1, 0.15) is 0 Å². The lowest BCUT2D eigenvalue weighted by Gasteiger charge is -2.14. The van der Waals surface area contributed by atoms with Gasteiger partial charge in [0.15, 0.2) is 0 Å². The summed E-state index contributed by atoms with van der Waals surface area (Å²) in [5.41, 5.74) is -0.386. The molecule has 0 aliphatic rings. The molecule has 0 fully saturated rings. The Morgan fingerprint density at radius 1 is 1.50 bits per heavy atom. The number of nitriles is 1. The average Bonchev–Trinajstić information content (AvgIpc) is 2.37. The Hall–Kier alpha value is -1.19. The highest BCUT2D eigenvalue weighted by molar-refractivity contribution is 9.10. The Balaban J connectivity index is 2.81. The molecule has 0 amide bonds. The van der Waals surface area contributed by atoms with E-state index in [-0.39, 0.29) is 5.56 Å². The summed E-state index contributed by atoms with van der Waals surface area (Å²) in [6.45, 7) is 3.66. The number of carboxylic acid groups (broad SMARTS) is 1. The Bertz CT molecular complexity index is 578. The van der Waals surface area contributed by atoms with Crippen molar-refractivity contribution in [2.75, 3.05) is 5.75 Å². The van der Waals surface area contributed by atoms with Crippen molar-refractivity contribution in [2.45, 2.75) is 31.6 Å². The van der Waals surface area contributed by atoms with Crippen LogP contribution in [-0.2, 0) is 10.8 Å². The van der Waals surface area contributed by atoms with E-state index in [4.69, 9.17) is 10.4 Å². The van der Waals surface area contributed by atoms with Crippen LogP contribution < -0.4 is 0 Å². The Kier molecular flexibility index (Phi) is 5.90. The molecule has 0 aromatic heterocycles. The molecule has 6 heteroatoms. The van der Waals surface area contributed by atoms with Crippen LogP contribution in [0.5, 0.6) is 0 Å². The summed E-state index contributed by atoms with van der Waals surface area (Å²) in [4.78, 5) is 11.4. The lowest BCUT2D eigenvalue weighted by atomic mass is 9.90. The number of nitrogens with zero attached hydrogens (tertiary/aromatic N) is 1. The van der Waals surface area contributed by atoms with E-state index in [9.17, 15) is 9.00 Å². The minimum absolute atomic E-state index is 0.0612. The maximum absolute atomic E-state index is 12.2. The zero-order valence-electron chi connectivity index (χ0n) is 11.4. The summed E-state index contributed by atoms with van der Waals surface area (Å²) in [7, 11) is -1.38. The van der Waals surface area contributed by atoms with Crippen LogP contribution >= 0.6 is 15.9 Å². The fourth-order valence-electron chi connectivity index (χ4n) is 1.67. The highest BCUT2D eigenvalue weighted by atomic mass is 79.9. The third-order valence-electron chi connectivity index (χ3n) is 2.85. The molecule has 4 nitrogen and oxygen atoms in total. The Morgan fingerprint density at radius 2 is 2.15 bits per heavy atom. The van der Waals surface area contributed by atoms with Crippen molar-refractivity contribution in [1.29, 1.82) is 5.26 Å². The number of carboxylic acids is 1. The van der Waals surface area contributed by atoms with Gasteiger partial charge >= 0.3 is 5.97 Å². The van der Waals surface area contributed by atoms with Gasteiger partial charge < -0.3 is 5.11 Å². The second-order valence-corrected chi connectivity index (χ2v) is 7.55. The van der Waals surface area contributed by atoms with Gasteiger partial charge in [-0.3, -0.25) is 4.21 Å². The van der Waals surface area contributed by atoms with Crippen LogP contribution in [0.25, 0.3) is 0 Å². The summed E-state index contributed by atoms with van der Waals surface area (Å²) in [6, 6.07) is 6.83. The maximum Gasteiger partial charge on any atom is 0.336 e. The van der Waals surface area contributed by atoms with Crippen molar-refractivity contribution in [2.24, 2.45) is 5.41 Å². The van der Waals surface area contributed by atoms with Gasteiger partial charge in [-0.25, -0.2) is 4.79 Å². The summed E-state index contributed by atoms with van der Waals surface area (Å²) >= 11 is 3.25. The maximum atomic E-state index is 12.2. The van der Waals surface area contributed by atoms with Gasteiger partial charge in [-0.15, -0.1) is 0 Å². The van der Waals surface area contributed by atoms with Crippen LogP contribution in [0.1, 0.15) is 37.0 Å². The summed E-state index contributed by atoms with van der Waals surface area (Å²) < 4.78 is 12.9. The first-order valence-corrected chi connectivity index (χ1v) is 8.20. The number of hydrogen-bond acceptors (Lipinski definition) is 3. The van der Waals surface area contributed by atoms with Crippen LogP contribution in [0.2, 0.25) is 0 Å². The Morgan fingerprint density at radius 3 is 2.70 bits per heavy atom. The number of rotatable bonds is 6. The van der Waals surface area contributed by atoms with Crippen LogP contribution in [-0.4, -0.2) is 21.0 Å². The van der Waals surface area contributed by atoms with Gasteiger partial charge in [0.05, 0.1) is 32.7 Å². The summed E-state index contributed by atoms with van der Waals surface area (Å²) in [5.74, 6) is -0.736. The fraction of sp³-hybridized carbons (Fsp3) is 0.429. The number of carbonyl (C=O) groups is 1. The molecule has 0 bridgehead atoms. The van der Waals surface area contributed by atoms with E-state index in [1.807, 2.05) is 13.8 Å². The van der Waals surface area contributed by atoms with E-state index in [0.29, 0.717) is 28.0 Å². The molecular weight excluding hydrogens is 342 g/mol. The number of halogens is 1. The van der Waals surface area contributed by atoms with Gasteiger partial charge in [-0.05, 0) is 44.9 Å². The molecule has 0 saturated heterocycles. The van der Waals surface area contributed by atoms with Crippen molar-refractivity contribution < 1.29 is 14.1 Å². The van der Waals surface area contributed by atoms with Gasteiger partial charge in [-0.1, -0.05) is 15.9 Å². The molecule has 1 atom stereocenters. The number of benzene rings is 1. The Labute approximate surface area is 129 Å². The normalized spacial score (nSPS) is 12.7. The third kappa shape index (κ3) is 4.73. The highest BCUT2D eigenvalue weighted by Gasteiger charge is 2.19. The predicted molar refractivity (Wildman–Crippen MR) is 81.0 cm³/mol. The van der Waals surface area contributed by atoms with E-state index < -0.39 is 22.2 Å². The predicted octanol–water partition coefficient (Wildman–Crippen LogP) is 3.58. The van der Waals surface area contributed by atoms with E-state index in [0.717, 1.165) is 0 Å². The molecule has 0 heterocycles. The zero-order valence-corrected chi connectivity index (χ0v) is 13.8. The van der Waals surface area contributed by atoms with E-state index >= 15 is 0 Å². The third-order valence-corrected chi connectivity index (χ3v) is 4.83. The molecule has 0 aliphatic heterocycles. The molecule has 0 aliphatic carbocycles. The molecule has 1 unspecified atom stereocenters. The largest absolute Gasteiger partial charge is 0.478 e. The zero-order chi connectivity index (χ0) is 15.3. The molecule has 1 aromatic carbocycles. The van der Waals surface area contributed by atoms with Crippen molar-refractivity contribution >= 4 is 32.7 Å². The second-order valence-electron chi connectivity index (χ2n) is 5.09. The highest BCUT2D eigenvalue weighted by Crippen LogP contribution is 2.24. The quantitative estimate of drug-likeness (QED) is 0.843. The summed E-state index contributed by atoms with van der Waals surface area (Å²) in [6.07, 6.45) is 1.24. The van der Waals surface area contributed by atoms with Crippen LogP contribution in [0.4, 0.5) is 0 Å². The molecule has 1 aromatic rings. The molecule has 108 valence electrons. The SMILES string of the molecule is CC(C)(C#N)CCCS(=O)c1cc(Br)ccc1C(=O)O. The average molecular weight is 358 g/mol. The summed E-state index contributed by atoms with van der Waals surface area (Å²) in [5, 5.41) is 18.0. The first-order valence-electron chi connectivity index (χ1n) is 6.09. The van der Waals surface area contributed by atoms with Gasteiger partial charge in [0.25, 0.3) is 0 Å². The van der Waals surface area contributed by atoms with Crippen molar-refractivity contribution in [3.8, 4) is 6.07 Å². The molecular formula is C14H16BrNO3S. The van der Waals surface area contributed by atoms with Gasteiger partial charge in [-0.2, -0.15) is 5.26 Å². The van der Waals surface area contributed by atoms with Gasteiger partial charge in [0, 0.05) is 10.2 Å². The molecule has 0 radical (unpaired) electrons. The van der Waals surface area contributed by atoms with E-state index in [1.165, 1.54) is 6.07 Å². The smallest absolute Gasteiger partial charge is 0.336 e. The van der Waals surface area contributed by atoms with E-state index in [2.05, 4.69) is 22.0 Å². The fourth-order valence-corrected chi connectivity index (χ4v) is 3.47. The minimum Gasteiger partial charge on any atom is -0.478 e. The molecule has 0 spiro atoms. The number of aromatic carboxylic acids is 1. The molecule has 1 rings (SSSR count). The molecule has 20 heavy (non-hydrogen) atoms. The molecule has 1 N–H and O–H groups in total. The first kappa shape index (κ1) is 16.9. The standard InChI is InChI=1S/C14H16BrNO3S/c1-14(2,9-16)6-3-7-20(19)12-8-10(15)4-5-11(12)13(17)18/h4-5,8H,3,6-7H2,1-2H3,(H,17,18). The van der Waals surface area contributed by atoms with Crippen LogP contribution in [0.15, 0.2) is 27.6 Å². The molecule has 0 saturated carbocycles. The van der Waals surface area contributed by atoms with Crippen LogP contribution in [0, 0.1) is 16.7 Å². The van der Waals surface area contributed by atoms with Crippen molar-refractivity contribution in [3.63, 3.8) is 0 Å². The number of hydrogen-bond donors (Lipinski definition) is 1. The van der Waals surface area contributed by atoms with Crippen molar-refractivity contribution in [3.05, 3.63) is 28.2 Å².